The molecule has 0 saturated heterocycles. The lowest BCUT2D eigenvalue weighted by Gasteiger charge is -2.17. The van der Waals surface area contributed by atoms with Crippen LogP contribution >= 0.6 is 0 Å². The summed E-state index contributed by atoms with van der Waals surface area (Å²) in [6, 6.07) is 10.5. The smallest absolute Gasteiger partial charge is 0.0234 e. The molecule has 110 valence electrons. The van der Waals surface area contributed by atoms with Crippen molar-refractivity contribution in [1.82, 2.24) is 4.90 Å². The van der Waals surface area contributed by atoms with Gasteiger partial charge in [0, 0.05) is 13.1 Å². The molecule has 0 bridgehead atoms. The molecule has 0 radical (unpaired) electrons. The number of hydrogen-bond acceptors (Lipinski definition) is 2. The summed E-state index contributed by atoms with van der Waals surface area (Å²) in [4.78, 5) is 2.30. The molecule has 2 N–H and O–H groups in total. The van der Waals surface area contributed by atoms with E-state index in [-0.39, 0.29) is 0 Å². The zero-order chi connectivity index (χ0) is 15.2. The Morgan fingerprint density at radius 3 is 2.40 bits per heavy atom. The summed E-state index contributed by atoms with van der Waals surface area (Å²) < 4.78 is 0. The van der Waals surface area contributed by atoms with Crippen molar-refractivity contribution in [1.29, 1.82) is 0 Å². The first kappa shape index (κ1) is 18.4. The first-order valence-corrected chi connectivity index (χ1v) is 7.04. The SMILES string of the molecule is C=C/C=C\C(=C/C)CN(C)Cc1ccccc1.CCN. The molecule has 2 nitrogen and oxygen atoms in total. The lowest BCUT2D eigenvalue weighted by molar-refractivity contribution is 0.357. The van der Waals surface area contributed by atoms with Gasteiger partial charge in [-0.15, -0.1) is 0 Å². The molecule has 0 aliphatic rings. The lowest BCUT2D eigenvalue weighted by atomic mass is 10.2. The molecule has 0 unspecified atom stereocenters. The molecule has 1 aromatic rings. The van der Waals surface area contributed by atoms with Gasteiger partial charge in [0.05, 0.1) is 0 Å². The van der Waals surface area contributed by atoms with Gasteiger partial charge in [-0.3, -0.25) is 4.90 Å². The van der Waals surface area contributed by atoms with Gasteiger partial charge < -0.3 is 5.73 Å². The molecule has 0 aliphatic heterocycles. The van der Waals surface area contributed by atoms with Crippen LogP contribution in [0.3, 0.4) is 0 Å². The maximum atomic E-state index is 4.85. The molecular formula is C18H28N2. The van der Waals surface area contributed by atoms with Crippen LogP contribution in [0, 0.1) is 0 Å². The lowest BCUT2D eigenvalue weighted by Crippen LogP contribution is -2.20. The molecule has 0 saturated carbocycles. The van der Waals surface area contributed by atoms with Gasteiger partial charge >= 0.3 is 0 Å². The van der Waals surface area contributed by atoms with E-state index in [2.05, 4.69) is 61.9 Å². The largest absolute Gasteiger partial charge is 0.331 e. The Balaban J connectivity index is 0.00000110. The molecular weight excluding hydrogens is 244 g/mol. The molecule has 0 heterocycles. The van der Waals surface area contributed by atoms with E-state index in [9.17, 15) is 0 Å². The highest BCUT2D eigenvalue weighted by Gasteiger charge is 2.01. The first-order chi connectivity index (χ1) is 9.67. The van der Waals surface area contributed by atoms with Crippen molar-refractivity contribution in [2.75, 3.05) is 20.1 Å². The molecule has 20 heavy (non-hydrogen) atoms. The van der Waals surface area contributed by atoms with Crippen molar-refractivity contribution < 1.29 is 0 Å². The second-order valence-electron chi connectivity index (χ2n) is 4.52. The van der Waals surface area contributed by atoms with E-state index in [4.69, 9.17) is 5.73 Å². The summed E-state index contributed by atoms with van der Waals surface area (Å²) in [5.74, 6) is 0. The van der Waals surface area contributed by atoms with Gasteiger partial charge in [-0.2, -0.15) is 0 Å². The molecule has 0 aliphatic carbocycles. The molecule has 0 amide bonds. The number of nitrogens with two attached hydrogens (primary N) is 1. The van der Waals surface area contributed by atoms with Crippen molar-refractivity contribution in [2.45, 2.75) is 20.4 Å². The molecule has 1 aromatic carbocycles. The van der Waals surface area contributed by atoms with E-state index >= 15 is 0 Å². The van der Waals surface area contributed by atoms with Gasteiger partial charge in [0.2, 0.25) is 0 Å². The zero-order valence-electron chi connectivity index (χ0n) is 13.0. The third kappa shape index (κ3) is 9.31. The summed E-state index contributed by atoms with van der Waals surface area (Å²) >= 11 is 0. The maximum absolute atomic E-state index is 4.85. The van der Waals surface area contributed by atoms with Crippen LogP contribution in [0.2, 0.25) is 0 Å². The van der Waals surface area contributed by atoms with E-state index < -0.39 is 0 Å². The highest BCUT2D eigenvalue weighted by molar-refractivity contribution is 5.23. The van der Waals surface area contributed by atoms with Crippen LogP contribution in [0.4, 0.5) is 0 Å². The average molecular weight is 272 g/mol. The third-order valence-electron chi connectivity index (χ3n) is 2.56. The van der Waals surface area contributed by atoms with Gasteiger partial charge in [0.15, 0.2) is 0 Å². The molecule has 1 rings (SSSR count). The van der Waals surface area contributed by atoms with Gasteiger partial charge in [0.1, 0.15) is 0 Å². The fourth-order valence-electron chi connectivity index (χ4n) is 1.69. The maximum Gasteiger partial charge on any atom is 0.0234 e. The van der Waals surface area contributed by atoms with E-state index in [1.165, 1.54) is 11.1 Å². The number of likely N-dealkylation sites (N-methyl/N-ethyl adjacent to an activating group) is 1. The monoisotopic (exact) mass is 272 g/mol. The Kier molecular flexibility index (Phi) is 11.4. The fourth-order valence-corrected chi connectivity index (χ4v) is 1.69. The first-order valence-electron chi connectivity index (χ1n) is 7.04. The Hall–Kier alpha value is -1.64. The van der Waals surface area contributed by atoms with Crippen LogP contribution in [0.1, 0.15) is 19.4 Å². The van der Waals surface area contributed by atoms with Gasteiger partial charge in [0.25, 0.3) is 0 Å². The van der Waals surface area contributed by atoms with Crippen LogP contribution in [0.25, 0.3) is 0 Å². The number of hydrogen-bond donors (Lipinski definition) is 1. The van der Waals surface area contributed by atoms with Crippen LogP contribution in [-0.4, -0.2) is 25.0 Å². The zero-order valence-corrected chi connectivity index (χ0v) is 13.0. The van der Waals surface area contributed by atoms with Crippen molar-refractivity contribution >= 4 is 0 Å². The second kappa shape index (κ2) is 12.4. The van der Waals surface area contributed by atoms with Crippen LogP contribution in [0.15, 0.2) is 66.8 Å². The van der Waals surface area contributed by atoms with E-state index in [1.807, 2.05) is 19.1 Å². The Morgan fingerprint density at radius 1 is 1.30 bits per heavy atom. The Bertz CT molecular complexity index is 405. The summed E-state index contributed by atoms with van der Waals surface area (Å²) in [7, 11) is 2.14. The van der Waals surface area contributed by atoms with E-state index in [0.29, 0.717) is 0 Å². The number of rotatable bonds is 6. The van der Waals surface area contributed by atoms with Crippen LogP contribution < -0.4 is 5.73 Å². The second-order valence-corrected chi connectivity index (χ2v) is 4.52. The van der Waals surface area contributed by atoms with Crippen LogP contribution in [0.5, 0.6) is 0 Å². The van der Waals surface area contributed by atoms with E-state index in [1.54, 1.807) is 6.08 Å². The van der Waals surface area contributed by atoms with Crippen LogP contribution in [-0.2, 0) is 6.54 Å². The fraction of sp³-hybridized carbons (Fsp3) is 0.333. The minimum absolute atomic E-state index is 0.750. The molecule has 0 spiro atoms. The highest BCUT2D eigenvalue weighted by Crippen LogP contribution is 2.06. The van der Waals surface area contributed by atoms with Gasteiger partial charge in [-0.25, -0.2) is 0 Å². The summed E-state index contributed by atoms with van der Waals surface area (Å²) in [6.45, 7) is 10.3. The molecule has 0 fully saturated rings. The Morgan fingerprint density at radius 2 is 1.90 bits per heavy atom. The standard InChI is InChI=1S/C16H21N.C2H7N/c1-4-6-10-15(5-2)13-17(3)14-16-11-8-7-9-12-16;1-2-3/h4-12H,1,13-14H2,2-3H3;2-3H2,1H3/b10-6-,15-5+;. The van der Waals surface area contributed by atoms with Crippen molar-refractivity contribution in [3.8, 4) is 0 Å². The third-order valence-corrected chi connectivity index (χ3v) is 2.56. The van der Waals surface area contributed by atoms with Crippen molar-refractivity contribution in [2.24, 2.45) is 5.73 Å². The topological polar surface area (TPSA) is 29.3 Å². The van der Waals surface area contributed by atoms with Gasteiger partial charge in [-0.1, -0.05) is 68.1 Å². The van der Waals surface area contributed by atoms with E-state index in [0.717, 1.165) is 19.6 Å². The van der Waals surface area contributed by atoms with Gasteiger partial charge in [-0.05, 0) is 31.7 Å². The molecule has 2 heteroatoms. The average Bonchev–Trinajstić information content (AvgIpc) is 2.45. The Labute approximate surface area is 124 Å². The molecule has 0 aromatic heterocycles. The highest BCUT2D eigenvalue weighted by atomic mass is 15.1. The summed E-state index contributed by atoms with van der Waals surface area (Å²) in [5, 5.41) is 0. The number of nitrogens with zero attached hydrogens (tertiary/aromatic N) is 1. The normalized spacial score (nSPS) is 11.3. The predicted molar refractivity (Wildman–Crippen MR) is 90.6 cm³/mol. The quantitative estimate of drug-likeness (QED) is 0.799. The van der Waals surface area contributed by atoms with Crippen molar-refractivity contribution in [3.05, 3.63) is 72.4 Å². The minimum atomic E-state index is 0.750. The predicted octanol–water partition coefficient (Wildman–Crippen LogP) is 3.77. The number of benzene rings is 1. The summed E-state index contributed by atoms with van der Waals surface area (Å²) in [5.41, 5.74) is 7.50. The molecule has 0 atom stereocenters. The summed E-state index contributed by atoms with van der Waals surface area (Å²) in [6.07, 6.45) is 8.03. The van der Waals surface area contributed by atoms with Crippen molar-refractivity contribution in [3.63, 3.8) is 0 Å². The number of allylic oxidation sites excluding steroid dienone is 3. The minimum Gasteiger partial charge on any atom is -0.331 e.